The molecule has 3 rings (SSSR count). The molecule has 0 radical (unpaired) electrons. The number of sulfone groups is 1. The lowest BCUT2D eigenvalue weighted by Crippen LogP contribution is -2.38. The van der Waals surface area contributed by atoms with E-state index in [0.29, 0.717) is 24.6 Å². The van der Waals surface area contributed by atoms with E-state index < -0.39 is 9.84 Å². The Morgan fingerprint density at radius 3 is 2.46 bits per heavy atom. The van der Waals surface area contributed by atoms with Gasteiger partial charge in [0.05, 0.1) is 15.8 Å². The summed E-state index contributed by atoms with van der Waals surface area (Å²) in [4.78, 5) is 18.5. The van der Waals surface area contributed by atoms with Crippen molar-refractivity contribution in [2.75, 3.05) is 13.1 Å². The molecule has 0 saturated carbocycles. The van der Waals surface area contributed by atoms with Crippen LogP contribution in [0, 0.1) is 5.92 Å². The zero-order chi connectivity index (χ0) is 20.3. The summed E-state index contributed by atoms with van der Waals surface area (Å²) in [6, 6.07) is 7.64. The highest BCUT2D eigenvalue weighted by Gasteiger charge is 2.25. The van der Waals surface area contributed by atoms with Crippen LogP contribution in [-0.4, -0.2) is 37.3 Å². The second kappa shape index (κ2) is 8.64. The van der Waals surface area contributed by atoms with Crippen molar-refractivity contribution in [1.82, 2.24) is 9.88 Å². The van der Waals surface area contributed by atoms with Crippen LogP contribution in [0.5, 0.6) is 0 Å². The lowest BCUT2D eigenvalue weighted by Gasteiger charge is -2.30. The van der Waals surface area contributed by atoms with Gasteiger partial charge in [0.15, 0.2) is 9.84 Å². The summed E-state index contributed by atoms with van der Waals surface area (Å²) in [6.45, 7) is 5.07. The minimum absolute atomic E-state index is 0.0722. The second-order valence-corrected chi connectivity index (χ2v) is 9.47. The second-order valence-electron chi connectivity index (χ2n) is 6.72. The van der Waals surface area contributed by atoms with E-state index >= 15 is 0 Å². The van der Waals surface area contributed by atoms with Gasteiger partial charge in [-0.3, -0.25) is 9.78 Å². The van der Waals surface area contributed by atoms with Gasteiger partial charge in [0.2, 0.25) is 0 Å². The van der Waals surface area contributed by atoms with E-state index in [-0.39, 0.29) is 32.3 Å². The van der Waals surface area contributed by atoms with E-state index in [1.807, 2.05) is 6.08 Å². The number of benzene rings is 1. The number of carbonyl (C=O) groups excluding carboxylic acids is 1. The van der Waals surface area contributed by atoms with Crippen LogP contribution in [0.1, 0.15) is 28.9 Å². The van der Waals surface area contributed by atoms with Gasteiger partial charge in [0.25, 0.3) is 5.91 Å². The van der Waals surface area contributed by atoms with Gasteiger partial charge >= 0.3 is 0 Å². The fraction of sp³-hybridized carbons (Fsp3) is 0.300. The number of hydrogen-bond acceptors (Lipinski definition) is 4. The number of likely N-dealkylation sites (tertiary alicyclic amines) is 1. The Morgan fingerprint density at radius 1 is 1.21 bits per heavy atom. The quantitative estimate of drug-likeness (QED) is 0.648. The highest BCUT2D eigenvalue weighted by molar-refractivity contribution is 7.90. The van der Waals surface area contributed by atoms with Gasteiger partial charge < -0.3 is 4.90 Å². The molecule has 0 N–H and O–H groups in total. The number of carbonyl (C=O) groups is 1. The van der Waals surface area contributed by atoms with E-state index in [0.717, 1.165) is 12.8 Å². The minimum Gasteiger partial charge on any atom is -0.337 e. The van der Waals surface area contributed by atoms with Crippen LogP contribution < -0.4 is 0 Å². The van der Waals surface area contributed by atoms with Crippen LogP contribution in [0.2, 0.25) is 10.0 Å². The maximum absolute atomic E-state index is 12.8. The molecule has 1 aromatic carbocycles. The average molecular weight is 439 g/mol. The summed E-state index contributed by atoms with van der Waals surface area (Å²) >= 11 is 12.1. The molecule has 0 bridgehead atoms. The maximum atomic E-state index is 12.8. The van der Waals surface area contributed by atoms with E-state index in [4.69, 9.17) is 23.2 Å². The normalized spacial score (nSPS) is 15.4. The first kappa shape index (κ1) is 20.8. The van der Waals surface area contributed by atoms with E-state index in [1.165, 1.54) is 24.4 Å². The molecule has 1 fully saturated rings. The molecule has 5 nitrogen and oxygen atoms in total. The van der Waals surface area contributed by atoms with Crippen molar-refractivity contribution in [3.8, 4) is 0 Å². The molecule has 1 saturated heterocycles. The van der Waals surface area contributed by atoms with Crippen molar-refractivity contribution in [1.29, 1.82) is 0 Å². The summed E-state index contributed by atoms with van der Waals surface area (Å²) in [5.41, 5.74) is 0.685. The molecule has 28 heavy (non-hydrogen) atoms. The summed E-state index contributed by atoms with van der Waals surface area (Å²) < 4.78 is 25.6. The Labute approximate surface area is 174 Å². The highest BCUT2D eigenvalue weighted by Crippen LogP contribution is 2.31. The topological polar surface area (TPSA) is 67.3 Å². The molecule has 8 heteroatoms. The molecular weight excluding hydrogens is 419 g/mol. The van der Waals surface area contributed by atoms with Gasteiger partial charge in [-0.05, 0) is 48.6 Å². The Balaban J connectivity index is 1.80. The predicted octanol–water partition coefficient (Wildman–Crippen LogP) is 4.40. The molecule has 0 atom stereocenters. The van der Waals surface area contributed by atoms with Crippen LogP contribution in [0.15, 0.2) is 54.1 Å². The zero-order valence-corrected chi connectivity index (χ0v) is 17.5. The van der Waals surface area contributed by atoms with Crippen molar-refractivity contribution < 1.29 is 13.2 Å². The predicted molar refractivity (Wildman–Crippen MR) is 110 cm³/mol. The number of hydrogen-bond donors (Lipinski definition) is 0. The van der Waals surface area contributed by atoms with Crippen molar-refractivity contribution in [3.63, 3.8) is 0 Å². The molecule has 1 aromatic heterocycles. The molecule has 1 aliphatic heterocycles. The average Bonchev–Trinajstić information content (AvgIpc) is 2.67. The monoisotopic (exact) mass is 438 g/mol. The van der Waals surface area contributed by atoms with E-state index in [9.17, 15) is 13.2 Å². The van der Waals surface area contributed by atoms with Crippen molar-refractivity contribution in [2.24, 2.45) is 5.92 Å². The Bertz CT molecular complexity index is 980. The Morgan fingerprint density at radius 2 is 1.86 bits per heavy atom. The largest absolute Gasteiger partial charge is 0.337 e. The molecule has 1 aliphatic rings. The number of nitrogens with zero attached hydrogens (tertiary/aromatic N) is 2. The molecular formula is C20H20Cl2N2O3S. The lowest BCUT2D eigenvalue weighted by molar-refractivity contribution is 0.0699. The maximum Gasteiger partial charge on any atom is 0.272 e. The minimum atomic E-state index is -3.78. The Hall–Kier alpha value is -1.89. The van der Waals surface area contributed by atoms with Gasteiger partial charge in [0.1, 0.15) is 10.6 Å². The van der Waals surface area contributed by atoms with Crippen molar-refractivity contribution in [3.05, 3.63) is 70.5 Å². The fourth-order valence-corrected chi connectivity index (χ4v) is 5.85. The van der Waals surface area contributed by atoms with Crippen molar-refractivity contribution in [2.45, 2.75) is 23.5 Å². The van der Waals surface area contributed by atoms with Gasteiger partial charge in [-0.15, -0.1) is 6.58 Å². The molecule has 0 unspecified atom stereocenters. The van der Waals surface area contributed by atoms with Crippen LogP contribution in [0.4, 0.5) is 0 Å². The molecule has 148 valence electrons. The number of piperidine rings is 1. The third-order valence-electron chi connectivity index (χ3n) is 4.79. The van der Waals surface area contributed by atoms with E-state index in [2.05, 4.69) is 11.6 Å². The number of pyridine rings is 1. The molecule has 1 amide bonds. The third-order valence-corrected chi connectivity index (χ3v) is 7.42. The number of amides is 1. The number of aromatic nitrogens is 1. The number of halogens is 2. The highest BCUT2D eigenvalue weighted by atomic mass is 35.5. The fourth-order valence-electron chi connectivity index (χ4n) is 3.25. The first-order valence-corrected chi connectivity index (χ1v) is 11.3. The SMILES string of the molecule is C=CC1CCN(C(=O)c2cc(CS(=O)(=O)c3c(Cl)cccc3Cl)ccn2)CC1. The zero-order valence-electron chi connectivity index (χ0n) is 15.1. The summed E-state index contributed by atoms with van der Waals surface area (Å²) in [5, 5.41) is 0.144. The first-order valence-electron chi connectivity index (χ1n) is 8.85. The molecule has 0 spiro atoms. The van der Waals surface area contributed by atoms with Crippen LogP contribution in [0.25, 0.3) is 0 Å². The van der Waals surface area contributed by atoms with E-state index in [1.54, 1.807) is 17.0 Å². The lowest BCUT2D eigenvalue weighted by atomic mass is 9.97. The van der Waals surface area contributed by atoms with Gasteiger partial charge in [0, 0.05) is 19.3 Å². The Kier molecular flexibility index (Phi) is 6.43. The molecule has 0 aliphatic carbocycles. The molecule has 2 aromatic rings. The van der Waals surface area contributed by atoms with Gasteiger partial charge in [-0.25, -0.2) is 8.42 Å². The van der Waals surface area contributed by atoms with Crippen LogP contribution in [0.3, 0.4) is 0 Å². The number of rotatable bonds is 5. The first-order chi connectivity index (χ1) is 13.3. The van der Waals surface area contributed by atoms with Gasteiger partial charge in [-0.2, -0.15) is 0 Å². The smallest absolute Gasteiger partial charge is 0.272 e. The van der Waals surface area contributed by atoms with Gasteiger partial charge in [-0.1, -0.05) is 35.3 Å². The van der Waals surface area contributed by atoms with Crippen molar-refractivity contribution >= 4 is 38.9 Å². The third kappa shape index (κ3) is 4.57. The summed E-state index contributed by atoms with van der Waals surface area (Å²) in [5.74, 6) is -0.0935. The standard InChI is InChI=1S/C20H20Cl2N2O3S/c1-2-14-7-10-24(11-8-14)20(25)18-12-15(6-9-23-18)13-28(26,27)19-16(21)4-3-5-17(19)22/h2-6,9,12,14H,1,7-8,10-11,13H2. The number of allylic oxidation sites excluding steroid dienone is 1. The molecule has 2 heterocycles. The summed E-state index contributed by atoms with van der Waals surface area (Å²) in [7, 11) is -3.78. The van der Waals surface area contributed by atoms with Crippen LogP contribution >= 0.6 is 23.2 Å². The summed E-state index contributed by atoms with van der Waals surface area (Å²) in [6.07, 6.45) is 5.11. The van der Waals surface area contributed by atoms with Crippen LogP contribution in [-0.2, 0) is 15.6 Å².